The molecule has 0 saturated heterocycles. The summed E-state index contributed by atoms with van der Waals surface area (Å²) in [4.78, 5) is 12.1. The molecular weight excluding hydrogens is 334 g/mol. The van der Waals surface area contributed by atoms with Gasteiger partial charge >= 0.3 is 0 Å². The monoisotopic (exact) mass is 355 g/mol. The first-order valence-electron chi connectivity index (χ1n) is 8.26. The van der Waals surface area contributed by atoms with Crippen LogP contribution in [-0.4, -0.2) is 39.4 Å². The van der Waals surface area contributed by atoms with Crippen LogP contribution in [0.15, 0.2) is 48.5 Å². The molecule has 136 valence electrons. The number of fused-ring (bicyclic) bond motifs is 1. The summed E-state index contributed by atoms with van der Waals surface area (Å²) in [5.41, 5.74) is 0.758. The molecule has 0 saturated carbocycles. The maximum Gasteiger partial charge on any atom is 0.244 e. The predicted molar refractivity (Wildman–Crippen MR) is 97.9 cm³/mol. The number of amides is 1. The molecule has 2 aromatic rings. The molecule has 0 aromatic heterocycles. The zero-order chi connectivity index (χ0) is 18.4. The molecule has 0 aliphatic carbocycles. The lowest BCUT2D eigenvalue weighted by atomic mass is 10.1. The molecule has 1 aliphatic heterocycles. The third-order valence-electron chi connectivity index (χ3n) is 3.92. The Morgan fingerprint density at radius 1 is 1.15 bits per heavy atom. The van der Waals surface area contributed by atoms with Crippen molar-refractivity contribution in [3.8, 4) is 23.0 Å². The Balaban J connectivity index is 1.56. The van der Waals surface area contributed by atoms with E-state index in [0.717, 1.165) is 11.3 Å². The molecule has 1 aliphatic rings. The number of methoxy groups -OCH3 is 2. The van der Waals surface area contributed by atoms with E-state index in [9.17, 15) is 4.79 Å². The van der Waals surface area contributed by atoms with Crippen LogP contribution in [0.2, 0.25) is 0 Å². The molecule has 6 nitrogen and oxygen atoms in total. The van der Waals surface area contributed by atoms with E-state index in [0.29, 0.717) is 30.4 Å². The number of carbonyl (C=O) groups excluding carboxylic acids is 1. The summed E-state index contributed by atoms with van der Waals surface area (Å²) in [5.74, 6) is 2.38. The minimum atomic E-state index is -0.228. The minimum absolute atomic E-state index is 0.225. The molecule has 0 bridgehead atoms. The van der Waals surface area contributed by atoms with Crippen molar-refractivity contribution in [2.24, 2.45) is 0 Å². The van der Waals surface area contributed by atoms with Gasteiger partial charge in [-0.3, -0.25) is 4.79 Å². The van der Waals surface area contributed by atoms with E-state index < -0.39 is 0 Å². The van der Waals surface area contributed by atoms with Crippen molar-refractivity contribution in [2.75, 3.05) is 27.4 Å². The lowest BCUT2D eigenvalue weighted by Gasteiger charge is -2.26. The highest BCUT2D eigenvalue weighted by atomic mass is 16.6. The first kappa shape index (κ1) is 17.7. The maximum atomic E-state index is 12.1. The molecule has 26 heavy (non-hydrogen) atoms. The van der Waals surface area contributed by atoms with Gasteiger partial charge < -0.3 is 24.3 Å². The van der Waals surface area contributed by atoms with Crippen LogP contribution in [0.5, 0.6) is 23.0 Å². The average Bonchev–Trinajstić information content (AvgIpc) is 2.70. The van der Waals surface area contributed by atoms with Gasteiger partial charge in [0.25, 0.3) is 0 Å². The Morgan fingerprint density at radius 2 is 1.96 bits per heavy atom. The van der Waals surface area contributed by atoms with Gasteiger partial charge in [0.2, 0.25) is 5.91 Å². The van der Waals surface area contributed by atoms with E-state index in [1.165, 1.54) is 6.08 Å². The Labute approximate surface area is 152 Å². The second-order valence-electron chi connectivity index (χ2n) is 5.66. The van der Waals surface area contributed by atoms with Crippen molar-refractivity contribution in [3.63, 3.8) is 0 Å². The summed E-state index contributed by atoms with van der Waals surface area (Å²) in [6, 6.07) is 13.0. The molecule has 1 heterocycles. The van der Waals surface area contributed by atoms with Gasteiger partial charge in [-0.25, -0.2) is 0 Å². The van der Waals surface area contributed by atoms with Crippen LogP contribution in [0, 0.1) is 0 Å². The second-order valence-corrected chi connectivity index (χ2v) is 5.66. The quantitative estimate of drug-likeness (QED) is 0.807. The summed E-state index contributed by atoms with van der Waals surface area (Å²) in [6.45, 7) is 0.747. The second kappa shape index (κ2) is 8.29. The average molecular weight is 355 g/mol. The van der Waals surface area contributed by atoms with Gasteiger partial charge in [0, 0.05) is 11.6 Å². The van der Waals surface area contributed by atoms with Crippen LogP contribution in [0.25, 0.3) is 6.08 Å². The van der Waals surface area contributed by atoms with Crippen LogP contribution in [-0.2, 0) is 4.79 Å². The molecule has 0 unspecified atom stereocenters. The zero-order valence-electron chi connectivity index (χ0n) is 14.7. The molecule has 1 atom stereocenters. The van der Waals surface area contributed by atoms with E-state index in [-0.39, 0.29) is 12.0 Å². The first-order chi connectivity index (χ1) is 12.7. The maximum absolute atomic E-state index is 12.1. The molecule has 1 amide bonds. The highest BCUT2D eigenvalue weighted by molar-refractivity contribution is 5.92. The number of benzene rings is 2. The fourth-order valence-corrected chi connectivity index (χ4v) is 2.65. The number of hydrogen-bond acceptors (Lipinski definition) is 5. The van der Waals surface area contributed by atoms with Gasteiger partial charge in [-0.1, -0.05) is 24.3 Å². The van der Waals surface area contributed by atoms with Crippen molar-refractivity contribution in [1.82, 2.24) is 5.32 Å². The highest BCUT2D eigenvalue weighted by Crippen LogP contribution is 2.32. The Bertz CT molecular complexity index is 803. The summed E-state index contributed by atoms with van der Waals surface area (Å²) >= 11 is 0. The number of para-hydroxylation sites is 3. The summed E-state index contributed by atoms with van der Waals surface area (Å²) < 4.78 is 22.0. The molecule has 0 spiro atoms. The van der Waals surface area contributed by atoms with Gasteiger partial charge in [-0.2, -0.15) is 0 Å². The van der Waals surface area contributed by atoms with E-state index >= 15 is 0 Å². The van der Waals surface area contributed by atoms with Gasteiger partial charge in [0.15, 0.2) is 23.0 Å². The standard InChI is InChI=1S/C20H21NO5/c1-23-18-9-5-6-14(20(18)24-2)10-11-19(22)21-12-15-13-25-16-7-3-4-8-17(16)26-15/h3-11,15H,12-13H2,1-2H3,(H,21,22)/b11-10+/t15-/m1/s1. The van der Waals surface area contributed by atoms with E-state index in [2.05, 4.69) is 5.32 Å². The van der Waals surface area contributed by atoms with E-state index in [1.54, 1.807) is 26.4 Å². The summed E-state index contributed by atoms with van der Waals surface area (Å²) in [6.07, 6.45) is 2.91. The van der Waals surface area contributed by atoms with Crippen LogP contribution in [0.3, 0.4) is 0 Å². The fraction of sp³-hybridized carbons (Fsp3) is 0.250. The minimum Gasteiger partial charge on any atom is -0.493 e. The van der Waals surface area contributed by atoms with Crippen LogP contribution >= 0.6 is 0 Å². The van der Waals surface area contributed by atoms with Crippen molar-refractivity contribution in [1.29, 1.82) is 0 Å². The van der Waals surface area contributed by atoms with Gasteiger partial charge in [0.05, 0.1) is 20.8 Å². The smallest absolute Gasteiger partial charge is 0.244 e. The predicted octanol–water partition coefficient (Wildman–Crippen LogP) is 2.67. The van der Waals surface area contributed by atoms with Gasteiger partial charge in [0.1, 0.15) is 12.7 Å². The SMILES string of the molecule is COc1cccc(/C=C/C(=O)NC[C@@H]2COc3ccccc3O2)c1OC. The van der Waals surface area contributed by atoms with Gasteiger partial charge in [-0.05, 0) is 24.3 Å². The zero-order valence-corrected chi connectivity index (χ0v) is 14.7. The number of nitrogens with one attached hydrogen (secondary N) is 1. The van der Waals surface area contributed by atoms with Crippen molar-refractivity contribution < 1.29 is 23.7 Å². The highest BCUT2D eigenvalue weighted by Gasteiger charge is 2.20. The molecule has 0 radical (unpaired) electrons. The lowest BCUT2D eigenvalue weighted by Crippen LogP contribution is -2.40. The van der Waals surface area contributed by atoms with Crippen LogP contribution in [0.1, 0.15) is 5.56 Å². The number of ether oxygens (including phenoxy) is 4. The van der Waals surface area contributed by atoms with Crippen molar-refractivity contribution in [2.45, 2.75) is 6.10 Å². The topological polar surface area (TPSA) is 66.0 Å². The number of hydrogen-bond donors (Lipinski definition) is 1. The summed E-state index contributed by atoms with van der Waals surface area (Å²) in [5, 5.41) is 2.82. The van der Waals surface area contributed by atoms with E-state index in [4.69, 9.17) is 18.9 Å². The Morgan fingerprint density at radius 3 is 2.73 bits per heavy atom. The molecular formula is C20H21NO5. The normalized spacial score (nSPS) is 15.5. The number of rotatable bonds is 6. The Kier molecular flexibility index (Phi) is 5.63. The molecule has 0 fully saturated rings. The van der Waals surface area contributed by atoms with Crippen molar-refractivity contribution >= 4 is 12.0 Å². The lowest BCUT2D eigenvalue weighted by molar-refractivity contribution is -0.116. The van der Waals surface area contributed by atoms with Crippen LogP contribution < -0.4 is 24.3 Å². The third-order valence-corrected chi connectivity index (χ3v) is 3.92. The van der Waals surface area contributed by atoms with Gasteiger partial charge in [-0.15, -0.1) is 0 Å². The molecule has 6 heteroatoms. The van der Waals surface area contributed by atoms with Crippen LogP contribution in [0.4, 0.5) is 0 Å². The van der Waals surface area contributed by atoms with Crippen molar-refractivity contribution in [3.05, 3.63) is 54.1 Å². The first-order valence-corrected chi connectivity index (χ1v) is 8.26. The largest absolute Gasteiger partial charge is 0.493 e. The van der Waals surface area contributed by atoms with E-state index in [1.807, 2.05) is 36.4 Å². The molecule has 1 N–H and O–H groups in total. The Hall–Kier alpha value is -3.15. The fourth-order valence-electron chi connectivity index (χ4n) is 2.65. The number of carbonyl (C=O) groups is 1. The molecule has 3 rings (SSSR count). The molecule has 2 aromatic carbocycles. The third kappa shape index (κ3) is 4.08. The summed E-state index contributed by atoms with van der Waals surface area (Å²) in [7, 11) is 3.13.